The number of aromatic nitrogens is 6. The van der Waals surface area contributed by atoms with E-state index in [0.29, 0.717) is 23.9 Å². The summed E-state index contributed by atoms with van der Waals surface area (Å²) in [6.07, 6.45) is 3.15. The maximum atomic E-state index is 12.1. The van der Waals surface area contributed by atoms with E-state index in [1.165, 1.54) is 6.33 Å². The van der Waals surface area contributed by atoms with Gasteiger partial charge in [-0.3, -0.25) is 4.79 Å². The molecule has 9 nitrogen and oxygen atoms in total. The molecule has 28 heavy (non-hydrogen) atoms. The van der Waals surface area contributed by atoms with Crippen LogP contribution < -0.4 is 5.32 Å². The molecular formula is C19H19N7O2. The van der Waals surface area contributed by atoms with Gasteiger partial charge in [0.15, 0.2) is 11.5 Å². The molecule has 9 heteroatoms. The van der Waals surface area contributed by atoms with Crippen LogP contribution in [0.15, 0.2) is 48.9 Å². The lowest BCUT2D eigenvalue weighted by Crippen LogP contribution is -2.20. The topological polar surface area (TPSA) is 99.8 Å². The van der Waals surface area contributed by atoms with Crippen LogP contribution in [0.2, 0.25) is 0 Å². The van der Waals surface area contributed by atoms with Crippen LogP contribution in [0.1, 0.15) is 12.6 Å². The van der Waals surface area contributed by atoms with E-state index in [-0.39, 0.29) is 12.5 Å². The standard InChI is InChI=1S/C19H19N7O2/c1-3-28-11-17(27)23-16-9-13(2)24-26(16)19-15-10-22-25(18(15)20-12-21-19)14-7-5-4-6-8-14/h4-10,12H,3,11H2,1-2H3,(H,23,27). The number of rotatable bonds is 6. The molecule has 0 saturated heterocycles. The van der Waals surface area contributed by atoms with Gasteiger partial charge < -0.3 is 10.1 Å². The Labute approximate surface area is 161 Å². The van der Waals surface area contributed by atoms with Gasteiger partial charge in [-0.1, -0.05) is 18.2 Å². The molecule has 0 atom stereocenters. The molecule has 0 aliphatic heterocycles. The van der Waals surface area contributed by atoms with Crippen LogP contribution in [0.3, 0.4) is 0 Å². The van der Waals surface area contributed by atoms with Crippen molar-refractivity contribution in [3.05, 3.63) is 54.6 Å². The van der Waals surface area contributed by atoms with E-state index in [2.05, 4.69) is 25.5 Å². The molecule has 142 valence electrons. The van der Waals surface area contributed by atoms with Crippen molar-refractivity contribution in [1.82, 2.24) is 29.5 Å². The summed E-state index contributed by atoms with van der Waals surface area (Å²) >= 11 is 0. The van der Waals surface area contributed by atoms with Crippen LogP contribution in [0, 0.1) is 6.92 Å². The van der Waals surface area contributed by atoms with E-state index in [0.717, 1.165) is 16.8 Å². The zero-order valence-electron chi connectivity index (χ0n) is 15.5. The molecule has 1 aromatic carbocycles. The van der Waals surface area contributed by atoms with Gasteiger partial charge in [-0.25, -0.2) is 14.6 Å². The molecule has 1 N–H and O–H groups in total. The molecule has 3 aromatic heterocycles. The molecule has 0 spiro atoms. The van der Waals surface area contributed by atoms with E-state index in [4.69, 9.17) is 4.74 Å². The number of hydrogen-bond acceptors (Lipinski definition) is 6. The van der Waals surface area contributed by atoms with Crippen LogP contribution in [-0.2, 0) is 9.53 Å². The number of nitrogens with zero attached hydrogens (tertiary/aromatic N) is 6. The Balaban J connectivity index is 1.76. The summed E-state index contributed by atoms with van der Waals surface area (Å²) in [5.41, 5.74) is 2.29. The van der Waals surface area contributed by atoms with Crippen molar-refractivity contribution in [2.75, 3.05) is 18.5 Å². The molecule has 3 heterocycles. The molecule has 1 amide bonds. The van der Waals surface area contributed by atoms with Crippen molar-refractivity contribution < 1.29 is 9.53 Å². The molecule has 0 radical (unpaired) electrons. The van der Waals surface area contributed by atoms with Crippen molar-refractivity contribution in [1.29, 1.82) is 0 Å². The highest BCUT2D eigenvalue weighted by molar-refractivity contribution is 5.92. The monoisotopic (exact) mass is 377 g/mol. The third-order valence-corrected chi connectivity index (χ3v) is 4.08. The van der Waals surface area contributed by atoms with E-state index in [1.807, 2.05) is 44.2 Å². The Morgan fingerprint density at radius 3 is 2.79 bits per heavy atom. The fourth-order valence-corrected chi connectivity index (χ4v) is 2.88. The minimum Gasteiger partial charge on any atom is -0.372 e. The van der Waals surface area contributed by atoms with Crippen molar-refractivity contribution in [3.63, 3.8) is 0 Å². The van der Waals surface area contributed by atoms with Crippen molar-refractivity contribution in [2.24, 2.45) is 0 Å². The molecule has 0 aliphatic rings. The summed E-state index contributed by atoms with van der Waals surface area (Å²) in [5, 5.41) is 12.5. The number of para-hydroxylation sites is 1. The Bertz CT molecular complexity index is 1120. The third-order valence-electron chi connectivity index (χ3n) is 4.08. The zero-order valence-corrected chi connectivity index (χ0v) is 15.5. The minimum atomic E-state index is -0.256. The molecular weight excluding hydrogens is 358 g/mol. The lowest BCUT2D eigenvalue weighted by molar-refractivity contribution is -0.120. The Morgan fingerprint density at radius 2 is 2.00 bits per heavy atom. The number of benzene rings is 1. The Kier molecular flexibility index (Phi) is 4.81. The number of carbonyl (C=O) groups excluding carboxylic acids is 1. The average Bonchev–Trinajstić information content (AvgIpc) is 3.30. The fourth-order valence-electron chi connectivity index (χ4n) is 2.88. The fraction of sp³-hybridized carbons (Fsp3) is 0.211. The van der Waals surface area contributed by atoms with Crippen molar-refractivity contribution >= 4 is 22.8 Å². The summed E-state index contributed by atoms with van der Waals surface area (Å²) < 4.78 is 8.49. The SMILES string of the molecule is CCOCC(=O)Nc1cc(C)nn1-c1ncnc2c1cnn2-c1ccccc1. The smallest absolute Gasteiger partial charge is 0.251 e. The number of fused-ring (bicyclic) bond motifs is 1. The summed E-state index contributed by atoms with van der Waals surface area (Å²) in [7, 11) is 0. The Morgan fingerprint density at radius 1 is 1.18 bits per heavy atom. The van der Waals surface area contributed by atoms with E-state index in [9.17, 15) is 4.79 Å². The second kappa shape index (κ2) is 7.57. The van der Waals surface area contributed by atoms with Gasteiger partial charge in [-0.2, -0.15) is 14.9 Å². The largest absolute Gasteiger partial charge is 0.372 e. The van der Waals surface area contributed by atoms with Crippen molar-refractivity contribution in [3.8, 4) is 11.5 Å². The molecule has 0 fully saturated rings. The highest BCUT2D eigenvalue weighted by Crippen LogP contribution is 2.24. The number of amides is 1. The first kappa shape index (κ1) is 17.8. The van der Waals surface area contributed by atoms with Gasteiger partial charge >= 0.3 is 0 Å². The average molecular weight is 377 g/mol. The molecule has 0 aliphatic carbocycles. The first-order valence-electron chi connectivity index (χ1n) is 8.86. The number of anilines is 1. The summed E-state index contributed by atoms with van der Waals surface area (Å²) in [5.74, 6) is 0.787. The van der Waals surface area contributed by atoms with Gasteiger partial charge in [0.2, 0.25) is 0 Å². The van der Waals surface area contributed by atoms with Gasteiger partial charge in [0.05, 0.1) is 23.0 Å². The quantitative estimate of drug-likeness (QED) is 0.553. The van der Waals surface area contributed by atoms with Crippen LogP contribution in [0.25, 0.3) is 22.5 Å². The van der Waals surface area contributed by atoms with Gasteiger partial charge in [0.1, 0.15) is 18.8 Å². The predicted octanol–water partition coefficient (Wildman–Crippen LogP) is 2.28. The number of aryl methyl sites for hydroxylation is 1. The summed E-state index contributed by atoms with van der Waals surface area (Å²) in [4.78, 5) is 20.9. The maximum absolute atomic E-state index is 12.1. The van der Waals surface area contributed by atoms with Gasteiger partial charge in [-0.15, -0.1) is 0 Å². The second-order valence-corrected chi connectivity index (χ2v) is 6.09. The van der Waals surface area contributed by atoms with E-state index in [1.54, 1.807) is 21.6 Å². The van der Waals surface area contributed by atoms with Crippen molar-refractivity contribution in [2.45, 2.75) is 13.8 Å². The highest BCUT2D eigenvalue weighted by atomic mass is 16.5. The molecule has 0 saturated carbocycles. The number of hydrogen-bond donors (Lipinski definition) is 1. The maximum Gasteiger partial charge on any atom is 0.251 e. The first-order valence-corrected chi connectivity index (χ1v) is 8.86. The lowest BCUT2D eigenvalue weighted by Gasteiger charge is -2.09. The van der Waals surface area contributed by atoms with Gasteiger partial charge in [0.25, 0.3) is 5.91 Å². The third kappa shape index (κ3) is 3.35. The zero-order chi connectivity index (χ0) is 19.5. The van der Waals surface area contributed by atoms with E-state index >= 15 is 0 Å². The number of carbonyl (C=O) groups is 1. The molecule has 4 aromatic rings. The second-order valence-electron chi connectivity index (χ2n) is 6.09. The number of nitrogens with one attached hydrogen (secondary N) is 1. The number of ether oxygens (including phenoxy) is 1. The normalized spacial score (nSPS) is 11.1. The first-order chi connectivity index (χ1) is 13.7. The lowest BCUT2D eigenvalue weighted by atomic mass is 10.3. The molecule has 0 unspecified atom stereocenters. The van der Waals surface area contributed by atoms with Crippen LogP contribution in [0.4, 0.5) is 5.82 Å². The predicted molar refractivity (Wildman–Crippen MR) is 104 cm³/mol. The van der Waals surface area contributed by atoms with E-state index < -0.39 is 0 Å². The Hall–Kier alpha value is -3.59. The van der Waals surface area contributed by atoms with Gasteiger partial charge in [-0.05, 0) is 26.0 Å². The van der Waals surface area contributed by atoms with Crippen LogP contribution in [0.5, 0.6) is 0 Å². The summed E-state index contributed by atoms with van der Waals surface area (Å²) in [6.45, 7) is 4.13. The highest BCUT2D eigenvalue weighted by Gasteiger charge is 2.17. The minimum absolute atomic E-state index is 0.0220. The molecule has 0 bridgehead atoms. The van der Waals surface area contributed by atoms with Crippen LogP contribution in [-0.4, -0.2) is 48.6 Å². The van der Waals surface area contributed by atoms with Gasteiger partial charge in [0, 0.05) is 12.7 Å². The summed E-state index contributed by atoms with van der Waals surface area (Å²) in [6, 6.07) is 11.5. The molecule has 4 rings (SSSR count). The van der Waals surface area contributed by atoms with Crippen LogP contribution >= 0.6 is 0 Å².